The SMILES string of the molecule is [2H]c1cn2c(C(C)C)cccc2n1. The molecule has 0 N–H and O–H groups in total. The number of aromatic nitrogens is 2. The molecule has 0 unspecified atom stereocenters. The Labute approximate surface area is 73.3 Å². The molecule has 2 aromatic rings. The fourth-order valence-electron chi connectivity index (χ4n) is 1.38. The van der Waals surface area contributed by atoms with Crippen LogP contribution in [-0.2, 0) is 0 Å². The summed E-state index contributed by atoms with van der Waals surface area (Å²) in [5.41, 5.74) is 2.06. The zero-order valence-corrected chi connectivity index (χ0v) is 7.28. The van der Waals surface area contributed by atoms with Gasteiger partial charge in [-0.3, -0.25) is 0 Å². The van der Waals surface area contributed by atoms with Crippen LogP contribution in [0.2, 0.25) is 0 Å². The van der Waals surface area contributed by atoms with Crippen LogP contribution in [0.4, 0.5) is 0 Å². The van der Waals surface area contributed by atoms with Crippen LogP contribution < -0.4 is 0 Å². The smallest absolute Gasteiger partial charge is 0.136 e. The molecule has 0 bridgehead atoms. The van der Waals surface area contributed by atoms with Crippen LogP contribution in [0.3, 0.4) is 0 Å². The van der Waals surface area contributed by atoms with E-state index in [2.05, 4.69) is 24.9 Å². The first-order valence-electron chi connectivity index (χ1n) is 4.63. The van der Waals surface area contributed by atoms with Crippen molar-refractivity contribution in [2.24, 2.45) is 0 Å². The first-order chi connectivity index (χ1) is 6.18. The Kier molecular flexibility index (Phi) is 1.36. The summed E-state index contributed by atoms with van der Waals surface area (Å²) in [6, 6.07) is 5.97. The summed E-state index contributed by atoms with van der Waals surface area (Å²) in [6.07, 6.45) is 2.08. The minimum atomic E-state index is 0.327. The molecule has 0 amide bonds. The highest BCUT2D eigenvalue weighted by Gasteiger charge is 2.02. The molecule has 62 valence electrons. The normalized spacial score (nSPS) is 12.4. The quantitative estimate of drug-likeness (QED) is 0.628. The number of hydrogen-bond donors (Lipinski definition) is 0. The number of nitrogens with zero attached hydrogens (tertiary/aromatic N) is 2. The van der Waals surface area contributed by atoms with Crippen molar-refractivity contribution >= 4 is 5.65 Å². The van der Waals surface area contributed by atoms with Gasteiger partial charge in [0.05, 0.1) is 1.37 Å². The van der Waals surface area contributed by atoms with E-state index < -0.39 is 0 Å². The van der Waals surface area contributed by atoms with Crippen LogP contribution in [0.15, 0.2) is 30.6 Å². The zero-order valence-electron chi connectivity index (χ0n) is 8.28. The van der Waals surface area contributed by atoms with Crippen molar-refractivity contribution in [1.82, 2.24) is 9.38 Å². The van der Waals surface area contributed by atoms with Gasteiger partial charge in [-0.05, 0) is 18.1 Å². The van der Waals surface area contributed by atoms with Crippen LogP contribution >= 0.6 is 0 Å². The molecule has 2 nitrogen and oxygen atoms in total. The Balaban J connectivity index is 2.75. The van der Waals surface area contributed by atoms with E-state index in [9.17, 15) is 0 Å². The van der Waals surface area contributed by atoms with Crippen LogP contribution in [0.5, 0.6) is 0 Å². The molecule has 0 saturated heterocycles. The van der Waals surface area contributed by atoms with Crippen molar-refractivity contribution < 1.29 is 1.37 Å². The van der Waals surface area contributed by atoms with E-state index in [-0.39, 0.29) is 0 Å². The second-order valence-electron chi connectivity index (χ2n) is 3.20. The fourth-order valence-corrected chi connectivity index (χ4v) is 1.38. The maximum Gasteiger partial charge on any atom is 0.136 e. The van der Waals surface area contributed by atoms with Gasteiger partial charge in [-0.1, -0.05) is 19.9 Å². The summed E-state index contributed by atoms with van der Waals surface area (Å²) >= 11 is 0. The molecule has 2 rings (SSSR count). The number of imidazole rings is 1. The maximum atomic E-state index is 7.43. The third kappa shape index (κ3) is 0.998. The summed E-state index contributed by atoms with van der Waals surface area (Å²) in [5, 5.41) is 0. The monoisotopic (exact) mass is 161 g/mol. The molecule has 12 heavy (non-hydrogen) atoms. The lowest BCUT2D eigenvalue weighted by Gasteiger charge is -2.07. The van der Waals surface area contributed by atoms with E-state index in [4.69, 9.17) is 1.37 Å². The molecule has 2 aromatic heterocycles. The van der Waals surface area contributed by atoms with Crippen LogP contribution in [0.1, 0.15) is 26.8 Å². The van der Waals surface area contributed by atoms with E-state index in [1.807, 2.05) is 16.5 Å². The average molecular weight is 161 g/mol. The molecular formula is C10H12N2. The lowest BCUT2D eigenvalue weighted by atomic mass is 10.1. The number of rotatable bonds is 1. The Morgan fingerprint density at radius 1 is 1.50 bits per heavy atom. The summed E-state index contributed by atoms with van der Waals surface area (Å²) in [4.78, 5) is 4.09. The molecule has 2 heteroatoms. The number of fused-ring (bicyclic) bond motifs is 1. The second-order valence-corrected chi connectivity index (χ2v) is 3.20. The number of pyridine rings is 1. The molecule has 0 fully saturated rings. The molecule has 0 radical (unpaired) electrons. The standard InChI is InChI=1S/C10H12N2/c1-8(2)9-4-3-5-10-11-6-7-12(9)10/h3-8H,1-2H3/i6D. The fraction of sp³-hybridized carbons (Fsp3) is 0.300. The second kappa shape index (κ2) is 2.63. The summed E-state index contributed by atoms with van der Waals surface area (Å²) in [5.74, 6) is 0.456. The molecule has 0 aliphatic carbocycles. The molecule has 0 aliphatic heterocycles. The van der Waals surface area contributed by atoms with Crippen LogP contribution in [-0.4, -0.2) is 9.38 Å². The highest BCUT2D eigenvalue weighted by Crippen LogP contribution is 2.15. The first-order valence-corrected chi connectivity index (χ1v) is 4.13. The van der Waals surface area contributed by atoms with Gasteiger partial charge in [0, 0.05) is 18.1 Å². The van der Waals surface area contributed by atoms with E-state index in [0.29, 0.717) is 12.1 Å². The van der Waals surface area contributed by atoms with E-state index >= 15 is 0 Å². The molecular weight excluding hydrogens is 148 g/mol. The summed E-state index contributed by atoms with van der Waals surface area (Å²) in [7, 11) is 0. The largest absolute Gasteiger partial charge is 0.304 e. The van der Waals surface area contributed by atoms with Crippen LogP contribution in [0, 0.1) is 0 Å². The van der Waals surface area contributed by atoms with Gasteiger partial charge >= 0.3 is 0 Å². The minimum absolute atomic E-state index is 0.327. The van der Waals surface area contributed by atoms with Gasteiger partial charge in [0.2, 0.25) is 0 Å². The van der Waals surface area contributed by atoms with Crippen LogP contribution in [0.25, 0.3) is 5.65 Å². The maximum absolute atomic E-state index is 7.43. The molecule has 0 saturated carbocycles. The minimum Gasteiger partial charge on any atom is -0.304 e. The first kappa shape index (κ1) is 6.23. The summed E-state index contributed by atoms with van der Waals surface area (Å²) < 4.78 is 9.41. The van der Waals surface area contributed by atoms with Gasteiger partial charge in [0.1, 0.15) is 5.65 Å². The van der Waals surface area contributed by atoms with E-state index in [1.54, 1.807) is 6.20 Å². The Hall–Kier alpha value is -1.31. The third-order valence-corrected chi connectivity index (χ3v) is 1.99. The summed E-state index contributed by atoms with van der Waals surface area (Å²) in [6.45, 7) is 4.27. The van der Waals surface area contributed by atoms with Gasteiger partial charge in [-0.25, -0.2) is 4.98 Å². The molecule has 0 spiro atoms. The topological polar surface area (TPSA) is 17.3 Å². The molecule has 0 aliphatic rings. The van der Waals surface area contributed by atoms with E-state index in [1.165, 1.54) is 5.69 Å². The Bertz CT molecular complexity index is 431. The molecule has 0 aromatic carbocycles. The average Bonchev–Trinajstić information content (AvgIpc) is 2.43. The van der Waals surface area contributed by atoms with Gasteiger partial charge in [-0.15, -0.1) is 0 Å². The highest BCUT2D eigenvalue weighted by molar-refractivity contribution is 5.40. The van der Waals surface area contributed by atoms with E-state index in [0.717, 1.165) is 5.65 Å². The van der Waals surface area contributed by atoms with Crippen molar-refractivity contribution in [2.45, 2.75) is 19.8 Å². The Morgan fingerprint density at radius 3 is 3.08 bits per heavy atom. The molecule has 0 atom stereocenters. The van der Waals surface area contributed by atoms with Crippen molar-refractivity contribution in [3.8, 4) is 0 Å². The lowest BCUT2D eigenvalue weighted by molar-refractivity contribution is 0.801. The number of hydrogen-bond acceptors (Lipinski definition) is 1. The zero-order chi connectivity index (χ0) is 9.42. The van der Waals surface area contributed by atoms with Gasteiger partial charge in [0.25, 0.3) is 0 Å². The van der Waals surface area contributed by atoms with Crippen molar-refractivity contribution in [3.63, 3.8) is 0 Å². The third-order valence-electron chi connectivity index (χ3n) is 1.99. The van der Waals surface area contributed by atoms with Crippen molar-refractivity contribution in [3.05, 3.63) is 36.3 Å². The highest BCUT2D eigenvalue weighted by atomic mass is 15.0. The van der Waals surface area contributed by atoms with Gasteiger partial charge < -0.3 is 4.40 Å². The van der Waals surface area contributed by atoms with Crippen molar-refractivity contribution in [2.75, 3.05) is 0 Å². The van der Waals surface area contributed by atoms with Gasteiger partial charge in [-0.2, -0.15) is 0 Å². The Morgan fingerprint density at radius 2 is 2.33 bits per heavy atom. The van der Waals surface area contributed by atoms with Gasteiger partial charge in [0.15, 0.2) is 0 Å². The lowest BCUT2D eigenvalue weighted by Crippen LogP contribution is -1.96. The predicted molar refractivity (Wildman–Crippen MR) is 49.3 cm³/mol. The molecule has 2 heterocycles. The predicted octanol–water partition coefficient (Wildman–Crippen LogP) is 2.46. The van der Waals surface area contributed by atoms with Crippen molar-refractivity contribution in [1.29, 1.82) is 0 Å².